The van der Waals surface area contributed by atoms with Crippen LogP contribution in [0.25, 0.3) is 0 Å². The Morgan fingerprint density at radius 1 is 1.05 bits per heavy atom. The lowest BCUT2D eigenvalue weighted by molar-refractivity contribution is -0.577. The fraction of sp³-hybridized carbons (Fsp3) is 1.00. The van der Waals surface area contributed by atoms with Crippen LogP contribution in [-0.2, 0) is 24.0 Å². The van der Waals surface area contributed by atoms with Gasteiger partial charge in [0.05, 0.1) is 0 Å². The quantitative estimate of drug-likeness (QED) is 0.697. The van der Waals surface area contributed by atoms with Gasteiger partial charge in [0.25, 0.3) is 0 Å². The average Bonchev–Trinajstić information content (AvgIpc) is 2.69. The standard InChI is InChI=1S/C16H26O5/c1-9-5-6-12-10(2)13(17-4)18-14-16(12)11(9)7-8-15(3,19-14)20-21-16/h9-14H,5-8H2,1-4H3/t9-,10+,11+,12+,13-,14+,15-,16-/m0/s1. The molecule has 0 amide bonds. The van der Waals surface area contributed by atoms with Crippen LogP contribution in [0.2, 0.25) is 0 Å². The molecule has 120 valence electrons. The molecule has 0 aromatic heterocycles. The molecule has 0 unspecified atom stereocenters. The van der Waals surface area contributed by atoms with E-state index >= 15 is 0 Å². The van der Waals surface area contributed by atoms with Crippen LogP contribution >= 0.6 is 0 Å². The summed E-state index contributed by atoms with van der Waals surface area (Å²) in [5.74, 6) is 0.953. The topological polar surface area (TPSA) is 46.2 Å². The summed E-state index contributed by atoms with van der Waals surface area (Å²) in [5, 5.41) is 0. The fourth-order valence-electron chi connectivity index (χ4n) is 5.14. The van der Waals surface area contributed by atoms with Crippen LogP contribution in [0.5, 0.6) is 0 Å². The van der Waals surface area contributed by atoms with Crippen LogP contribution in [0.15, 0.2) is 0 Å². The zero-order valence-corrected chi connectivity index (χ0v) is 13.3. The summed E-state index contributed by atoms with van der Waals surface area (Å²) in [7, 11) is 1.70. The average molecular weight is 298 g/mol. The van der Waals surface area contributed by atoms with Crippen molar-refractivity contribution in [3.63, 3.8) is 0 Å². The first kappa shape index (κ1) is 14.4. The molecule has 5 aliphatic rings. The molecule has 5 heteroatoms. The van der Waals surface area contributed by atoms with Crippen molar-refractivity contribution in [3.8, 4) is 0 Å². The highest BCUT2D eigenvalue weighted by Gasteiger charge is 2.69. The predicted molar refractivity (Wildman–Crippen MR) is 73.8 cm³/mol. The third-order valence-electron chi connectivity index (χ3n) is 6.33. The minimum Gasteiger partial charge on any atom is -0.355 e. The number of rotatable bonds is 1. The molecule has 0 radical (unpaired) electrons. The van der Waals surface area contributed by atoms with Crippen LogP contribution in [0.3, 0.4) is 0 Å². The van der Waals surface area contributed by atoms with Crippen molar-refractivity contribution >= 4 is 0 Å². The van der Waals surface area contributed by atoms with Crippen LogP contribution in [-0.4, -0.2) is 31.1 Å². The molecule has 0 aromatic rings. The monoisotopic (exact) mass is 298 g/mol. The molecule has 0 aromatic carbocycles. The van der Waals surface area contributed by atoms with Crippen molar-refractivity contribution in [1.29, 1.82) is 0 Å². The third kappa shape index (κ3) is 1.81. The van der Waals surface area contributed by atoms with E-state index in [-0.39, 0.29) is 12.2 Å². The van der Waals surface area contributed by atoms with Crippen LogP contribution in [0, 0.1) is 23.7 Å². The molecule has 2 bridgehead atoms. The third-order valence-corrected chi connectivity index (χ3v) is 6.33. The molecule has 0 N–H and O–H groups in total. The van der Waals surface area contributed by atoms with Crippen molar-refractivity contribution < 1.29 is 24.0 Å². The van der Waals surface area contributed by atoms with Crippen molar-refractivity contribution in [2.45, 2.75) is 70.4 Å². The van der Waals surface area contributed by atoms with E-state index < -0.39 is 17.7 Å². The fourth-order valence-corrected chi connectivity index (χ4v) is 5.14. The summed E-state index contributed by atoms with van der Waals surface area (Å²) in [4.78, 5) is 11.8. The molecular weight excluding hydrogens is 272 g/mol. The maximum Gasteiger partial charge on any atom is 0.201 e. The SMILES string of the molecule is CO[C@H]1O[C@@H]2O[C@]3(C)CC[C@@H]4[C@@H](C)CC[C@H]([C@H]1C)[C@]24OO3. The van der Waals surface area contributed by atoms with Gasteiger partial charge < -0.3 is 14.2 Å². The second-order valence-electron chi connectivity index (χ2n) is 7.51. The Balaban J connectivity index is 1.79. The highest BCUT2D eigenvalue weighted by molar-refractivity contribution is 5.08. The maximum absolute atomic E-state index is 6.21. The molecule has 5 rings (SSSR count). The van der Waals surface area contributed by atoms with Crippen LogP contribution in [0.1, 0.15) is 46.5 Å². The molecule has 1 aliphatic carbocycles. The summed E-state index contributed by atoms with van der Waals surface area (Å²) < 4.78 is 17.9. The van der Waals surface area contributed by atoms with Crippen molar-refractivity contribution in [2.75, 3.05) is 7.11 Å². The highest BCUT2D eigenvalue weighted by Crippen LogP contribution is 2.60. The van der Waals surface area contributed by atoms with E-state index in [9.17, 15) is 0 Å². The number of ether oxygens (including phenoxy) is 3. The second-order valence-corrected chi connectivity index (χ2v) is 7.51. The van der Waals surface area contributed by atoms with Crippen molar-refractivity contribution in [3.05, 3.63) is 0 Å². The lowest BCUT2D eigenvalue weighted by Crippen LogP contribution is -2.70. The Morgan fingerprint density at radius 2 is 1.86 bits per heavy atom. The lowest BCUT2D eigenvalue weighted by Gasteiger charge is -2.60. The normalized spacial score (nSPS) is 59.4. The lowest BCUT2D eigenvalue weighted by atomic mass is 9.58. The van der Waals surface area contributed by atoms with Gasteiger partial charge >= 0.3 is 0 Å². The van der Waals surface area contributed by atoms with E-state index in [2.05, 4.69) is 13.8 Å². The van der Waals surface area contributed by atoms with Gasteiger partial charge in [0.15, 0.2) is 18.2 Å². The summed E-state index contributed by atoms with van der Waals surface area (Å²) in [6.07, 6.45) is 3.64. The van der Waals surface area contributed by atoms with Crippen LogP contribution < -0.4 is 0 Å². The van der Waals surface area contributed by atoms with Gasteiger partial charge in [0, 0.05) is 25.4 Å². The molecule has 8 atom stereocenters. The minimum atomic E-state index is -0.698. The molecule has 1 spiro atoms. The Labute approximate surface area is 126 Å². The minimum absolute atomic E-state index is 0.230. The first-order valence-electron chi connectivity index (χ1n) is 8.23. The van der Waals surface area contributed by atoms with Gasteiger partial charge in [-0.25, -0.2) is 9.78 Å². The Morgan fingerprint density at radius 3 is 2.62 bits per heavy atom. The van der Waals surface area contributed by atoms with E-state index in [0.29, 0.717) is 17.8 Å². The van der Waals surface area contributed by atoms with E-state index in [1.807, 2.05) is 6.92 Å². The summed E-state index contributed by atoms with van der Waals surface area (Å²) in [6.45, 7) is 6.46. The zero-order valence-electron chi connectivity index (χ0n) is 13.3. The number of hydrogen-bond acceptors (Lipinski definition) is 5. The predicted octanol–water partition coefficient (Wildman–Crippen LogP) is 2.84. The second kappa shape index (κ2) is 4.65. The largest absolute Gasteiger partial charge is 0.355 e. The van der Waals surface area contributed by atoms with Gasteiger partial charge in [-0.05, 0) is 38.0 Å². The number of fused-ring (bicyclic) bond motifs is 2. The summed E-state index contributed by atoms with van der Waals surface area (Å²) in [6, 6.07) is 0. The van der Waals surface area contributed by atoms with E-state index in [1.54, 1.807) is 7.11 Å². The van der Waals surface area contributed by atoms with E-state index in [4.69, 9.17) is 24.0 Å². The molecule has 1 saturated carbocycles. The number of methoxy groups -OCH3 is 1. The van der Waals surface area contributed by atoms with Gasteiger partial charge in [-0.3, -0.25) is 0 Å². The van der Waals surface area contributed by atoms with Crippen LogP contribution in [0.4, 0.5) is 0 Å². The van der Waals surface area contributed by atoms with Crippen molar-refractivity contribution in [2.24, 2.45) is 23.7 Å². The molecule has 5 fully saturated rings. The molecule has 4 heterocycles. The van der Waals surface area contributed by atoms with Gasteiger partial charge in [0.2, 0.25) is 5.79 Å². The molecule has 4 aliphatic heterocycles. The Hall–Kier alpha value is -0.200. The Kier molecular flexibility index (Phi) is 3.19. The molecule has 4 saturated heterocycles. The van der Waals surface area contributed by atoms with Gasteiger partial charge in [-0.15, -0.1) is 0 Å². The Bertz CT molecular complexity index is 429. The summed E-state index contributed by atoms with van der Waals surface area (Å²) >= 11 is 0. The van der Waals surface area contributed by atoms with Gasteiger partial charge in [-0.2, -0.15) is 0 Å². The summed E-state index contributed by atoms with van der Waals surface area (Å²) in [5.41, 5.74) is -0.470. The zero-order chi connectivity index (χ0) is 14.8. The van der Waals surface area contributed by atoms with Crippen molar-refractivity contribution in [1.82, 2.24) is 0 Å². The highest BCUT2D eigenvalue weighted by atomic mass is 17.3. The smallest absolute Gasteiger partial charge is 0.201 e. The molecule has 21 heavy (non-hydrogen) atoms. The van der Waals surface area contributed by atoms with Gasteiger partial charge in [0.1, 0.15) is 0 Å². The first-order valence-corrected chi connectivity index (χ1v) is 8.23. The first-order chi connectivity index (χ1) is 10.00. The van der Waals surface area contributed by atoms with E-state index in [0.717, 1.165) is 19.3 Å². The van der Waals surface area contributed by atoms with Gasteiger partial charge in [-0.1, -0.05) is 13.8 Å². The van der Waals surface area contributed by atoms with E-state index in [1.165, 1.54) is 6.42 Å². The number of hydrogen-bond donors (Lipinski definition) is 0. The molecule has 5 nitrogen and oxygen atoms in total. The molecular formula is C16H26O5. The maximum atomic E-state index is 6.21.